The zero-order chi connectivity index (χ0) is 12.4. The predicted molar refractivity (Wildman–Crippen MR) is 61.4 cm³/mol. The first kappa shape index (κ1) is 11.7. The number of hydrogen-bond acceptors (Lipinski definition) is 2. The smallest absolute Gasteiger partial charge is 0.134 e. The van der Waals surface area contributed by atoms with Crippen molar-refractivity contribution in [2.75, 3.05) is 0 Å². The van der Waals surface area contributed by atoms with Crippen molar-refractivity contribution in [2.45, 2.75) is 13.0 Å². The van der Waals surface area contributed by atoms with Crippen LogP contribution in [0.15, 0.2) is 36.7 Å². The van der Waals surface area contributed by atoms with E-state index in [9.17, 15) is 8.78 Å². The first-order valence-electron chi connectivity index (χ1n) is 5.21. The summed E-state index contributed by atoms with van der Waals surface area (Å²) in [4.78, 5) is 3.89. The Hall–Kier alpha value is -1.81. The Morgan fingerprint density at radius 2 is 2.00 bits per heavy atom. The number of aryl methyl sites for hydroxylation is 1. The van der Waals surface area contributed by atoms with Gasteiger partial charge in [0, 0.05) is 18.0 Å². The molecule has 88 valence electrons. The number of benzene rings is 1. The molecule has 2 N–H and O–H groups in total. The van der Waals surface area contributed by atoms with Crippen molar-refractivity contribution in [3.8, 4) is 0 Å². The average molecular weight is 234 g/mol. The van der Waals surface area contributed by atoms with Gasteiger partial charge in [0.25, 0.3) is 0 Å². The minimum absolute atomic E-state index is 0.113. The van der Waals surface area contributed by atoms with Crippen molar-refractivity contribution in [1.29, 1.82) is 0 Å². The van der Waals surface area contributed by atoms with Crippen molar-refractivity contribution in [3.05, 3.63) is 65.0 Å². The third-order valence-electron chi connectivity index (χ3n) is 2.67. The molecule has 2 nitrogen and oxygen atoms in total. The highest BCUT2D eigenvalue weighted by atomic mass is 19.1. The van der Waals surface area contributed by atoms with Gasteiger partial charge in [0.05, 0.1) is 6.04 Å². The quantitative estimate of drug-likeness (QED) is 0.867. The molecule has 2 aromatic rings. The number of hydrogen-bond donors (Lipinski definition) is 1. The SMILES string of the molecule is Cc1ccc(F)c(C(N)c2cccnc2)c1F. The molecule has 2 rings (SSSR count). The van der Waals surface area contributed by atoms with Crippen molar-refractivity contribution in [2.24, 2.45) is 5.73 Å². The third kappa shape index (κ3) is 2.17. The molecule has 0 bridgehead atoms. The first-order chi connectivity index (χ1) is 8.11. The molecule has 0 fully saturated rings. The van der Waals surface area contributed by atoms with E-state index < -0.39 is 17.7 Å². The van der Waals surface area contributed by atoms with Gasteiger partial charge in [-0.05, 0) is 30.2 Å². The Morgan fingerprint density at radius 3 is 2.65 bits per heavy atom. The molecule has 1 atom stereocenters. The minimum Gasteiger partial charge on any atom is -0.320 e. The second-order valence-corrected chi connectivity index (χ2v) is 3.86. The highest BCUT2D eigenvalue weighted by molar-refractivity contribution is 5.35. The molecule has 0 amide bonds. The maximum atomic E-state index is 13.9. The summed E-state index contributed by atoms with van der Waals surface area (Å²) in [6.45, 7) is 1.58. The predicted octanol–water partition coefficient (Wildman–Crippen LogP) is 2.72. The summed E-state index contributed by atoms with van der Waals surface area (Å²) in [7, 11) is 0. The fourth-order valence-electron chi connectivity index (χ4n) is 1.69. The van der Waals surface area contributed by atoms with Crippen LogP contribution < -0.4 is 5.73 Å². The van der Waals surface area contributed by atoms with Gasteiger partial charge in [0.1, 0.15) is 11.6 Å². The zero-order valence-corrected chi connectivity index (χ0v) is 9.32. The lowest BCUT2D eigenvalue weighted by molar-refractivity contribution is 0.538. The normalized spacial score (nSPS) is 12.5. The minimum atomic E-state index is -0.844. The van der Waals surface area contributed by atoms with Gasteiger partial charge >= 0.3 is 0 Å². The summed E-state index contributed by atoms with van der Waals surface area (Å²) in [5.41, 5.74) is 6.71. The topological polar surface area (TPSA) is 38.9 Å². The fourth-order valence-corrected chi connectivity index (χ4v) is 1.69. The van der Waals surface area contributed by atoms with Crippen LogP contribution in [0.5, 0.6) is 0 Å². The summed E-state index contributed by atoms with van der Waals surface area (Å²) in [5, 5.41) is 0. The van der Waals surface area contributed by atoms with Gasteiger partial charge in [-0.1, -0.05) is 12.1 Å². The standard InChI is InChI=1S/C13H12F2N2/c1-8-4-5-10(14)11(12(8)15)13(16)9-3-2-6-17-7-9/h2-7,13H,16H2,1H3. The molecule has 0 saturated heterocycles. The average Bonchev–Trinajstić information content (AvgIpc) is 2.35. The van der Waals surface area contributed by atoms with Gasteiger partial charge in [0.2, 0.25) is 0 Å². The van der Waals surface area contributed by atoms with Crippen molar-refractivity contribution in [3.63, 3.8) is 0 Å². The molecule has 0 saturated carbocycles. The van der Waals surface area contributed by atoms with E-state index in [4.69, 9.17) is 5.73 Å². The van der Waals surface area contributed by atoms with Gasteiger partial charge < -0.3 is 5.73 Å². The van der Waals surface area contributed by atoms with Crippen LogP contribution in [-0.4, -0.2) is 4.98 Å². The van der Waals surface area contributed by atoms with Crippen molar-refractivity contribution in [1.82, 2.24) is 4.98 Å². The molecular formula is C13H12F2N2. The lowest BCUT2D eigenvalue weighted by atomic mass is 9.98. The molecule has 0 aliphatic carbocycles. The second-order valence-electron chi connectivity index (χ2n) is 3.86. The van der Waals surface area contributed by atoms with E-state index in [1.807, 2.05) is 0 Å². The molecule has 0 spiro atoms. The van der Waals surface area contributed by atoms with E-state index in [-0.39, 0.29) is 5.56 Å². The van der Waals surface area contributed by atoms with Crippen LogP contribution in [0.1, 0.15) is 22.7 Å². The summed E-state index contributed by atoms with van der Waals surface area (Å²) >= 11 is 0. The molecule has 1 aromatic heterocycles. The number of halogens is 2. The monoisotopic (exact) mass is 234 g/mol. The van der Waals surface area contributed by atoms with Gasteiger partial charge in [-0.15, -0.1) is 0 Å². The number of nitrogens with two attached hydrogens (primary N) is 1. The molecular weight excluding hydrogens is 222 g/mol. The van der Waals surface area contributed by atoms with E-state index in [0.29, 0.717) is 11.1 Å². The van der Waals surface area contributed by atoms with E-state index in [0.717, 1.165) is 0 Å². The van der Waals surface area contributed by atoms with E-state index >= 15 is 0 Å². The summed E-state index contributed by atoms with van der Waals surface area (Å²) < 4.78 is 27.5. The van der Waals surface area contributed by atoms with Gasteiger partial charge in [-0.3, -0.25) is 4.98 Å². The maximum Gasteiger partial charge on any atom is 0.134 e. The Bertz CT molecular complexity index is 526. The van der Waals surface area contributed by atoms with Crippen LogP contribution >= 0.6 is 0 Å². The van der Waals surface area contributed by atoms with Crippen molar-refractivity contribution < 1.29 is 8.78 Å². The van der Waals surface area contributed by atoms with Crippen molar-refractivity contribution >= 4 is 0 Å². The zero-order valence-electron chi connectivity index (χ0n) is 9.32. The summed E-state index contributed by atoms with van der Waals surface area (Å²) in [5.74, 6) is -1.23. The Balaban J connectivity index is 2.51. The van der Waals surface area contributed by atoms with Gasteiger partial charge in [-0.25, -0.2) is 8.78 Å². The highest BCUT2D eigenvalue weighted by Gasteiger charge is 2.19. The molecule has 1 unspecified atom stereocenters. The Kier molecular flexibility index (Phi) is 3.15. The van der Waals surface area contributed by atoms with Crippen LogP contribution in [-0.2, 0) is 0 Å². The third-order valence-corrected chi connectivity index (χ3v) is 2.67. The molecule has 1 aromatic carbocycles. The van der Waals surface area contributed by atoms with E-state index in [2.05, 4.69) is 4.98 Å². The number of nitrogens with zero attached hydrogens (tertiary/aromatic N) is 1. The van der Waals surface area contributed by atoms with E-state index in [1.165, 1.54) is 18.3 Å². The molecule has 1 heterocycles. The molecule has 0 aliphatic heterocycles. The Morgan fingerprint density at radius 1 is 1.24 bits per heavy atom. The molecule has 4 heteroatoms. The van der Waals surface area contributed by atoms with Crippen LogP contribution in [0.4, 0.5) is 8.78 Å². The largest absolute Gasteiger partial charge is 0.320 e. The maximum absolute atomic E-state index is 13.9. The fraction of sp³-hybridized carbons (Fsp3) is 0.154. The number of rotatable bonds is 2. The lowest BCUT2D eigenvalue weighted by Gasteiger charge is -2.15. The second kappa shape index (κ2) is 4.59. The summed E-state index contributed by atoms with van der Waals surface area (Å²) in [6.07, 6.45) is 3.09. The molecule has 0 aliphatic rings. The van der Waals surface area contributed by atoms with E-state index in [1.54, 1.807) is 25.3 Å². The summed E-state index contributed by atoms with van der Waals surface area (Å²) in [6, 6.07) is 5.15. The van der Waals surface area contributed by atoms with Crippen LogP contribution in [0, 0.1) is 18.6 Å². The van der Waals surface area contributed by atoms with Crippen LogP contribution in [0.3, 0.4) is 0 Å². The van der Waals surface area contributed by atoms with Gasteiger partial charge in [0.15, 0.2) is 0 Å². The first-order valence-corrected chi connectivity index (χ1v) is 5.21. The van der Waals surface area contributed by atoms with Crippen LogP contribution in [0.2, 0.25) is 0 Å². The van der Waals surface area contributed by atoms with Crippen LogP contribution in [0.25, 0.3) is 0 Å². The number of pyridine rings is 1. The highest BCUT2D eigenvalue weighted by Crippen LogP contribution is 2.26. The Labute approximate surface area is 98.1 Å². The van der Waals surface area contributed by atoms with Gasteiger partial charge in [-0.2, -0.15) is 0 Å². The lowest BCUT2D eigenvalue weighted by Crippen LogP contribution is -2.16. The number of aromatic nitrogens is 1. The molecule has 17 heavy (non-hydrogen) atoms. The molecule has 0 radical (unpaired) electrons.